The molecule has 1 aromatic carbocycles. The number of nitrogens with two attached hydrogens (primary N) is 1. The van der Waals surface area contributed by atoms with Gasteiger partial charge in [-0.05, 0) is 31.0 Å². The Morgan fingerprint density at radius 3 is 2.80 bits per heavy atom. The number of imidazole rings is 1. The SMILES string of the molecule is Cc1cccc(-n2cnc(CN)c2)c1C. The standard InChI is InChI=1S/C12H15N3/c1-9-4-3-5-12(10(9)2)15-7-11(6-13)14-8-15/h3-5,7-8H,6,13H2,1-2H3. The van der Waals surface area contributed by atoms with Gasteiger partial charge in [0, 0.05) is 18.4 Å². The molecule has 3 heteroatoms. The molecule has 2 rings (SSSR count). The minimum Gasteiger partial charge on any atom is -0.325 e. The van der Waals surface area contributed by atoms with Gasteiger partial charge in [-0.3, -0.25) is 0 Å². The summed E-state index contributed by atoms with van der Waals surface area (Å²) in [6, 6.07) is 6.25. The van der Waals surface area contributed by atoms with Gasteiger partial charge < -0.3 is 10.3 Å². The van der Waals surface area contributed by atoms with Crippen LogP contribution in [0, 0.1) is 13.8 Å². The number of hydrogen-bond acceptors (Lipinski definition) is 2. The molecule has 0 fully saturated rings. The van der Waals surface area contributed by atoms with Crippen molar-refractivity contribution < 1.29 is 0 Å². The van der Waals surface area contributed by atoms with Crippen LogP contribution in [0.5, 0.6) is 0 Å². The first kappa shape index (κ1) is 9.93. The van der Waals surface area contributed by atoms with Crippen LogP contribution in [0.25, 0.3) is 5.69 Å². The lowest BCUT2D eigenvalue weighted by molar-refractivity contribution is 1.01. The van der Waals surface area contributed by atoms with Crippen LogP contribution in [0.4, 0.5) is 0 Å². The van der Waals surface area contributed by atoms with Crippen molar-refractivity contribution >= 4 is 0 Å². The summed E-state index contributed by atoms with van der Waals surface area (Å²) < 4.78 is 2.02. The van der Waals surface area contributed by atoms with Gasteiger partial charge in [0.25, 0.3) is 0 Å². The summed E-state index contributed by atoms with van der Waals surface area (Å²) in [6.45, 7) is 4.71. The van der Waals surface area contributed by atoms with E-state index < -0.39 is 0 Å². The zero-order valence-corrected chi connectivity index (χ0v) is 9.07. The molecule has 0 spiro atoms. The van der Waals surface area contributed by atoms with Gasteiger partial charge >= 0.3 is 0 Å². The van der Waals surface area contributed by atoms with Crippen molar-refractivity contribution in [2.75, 3.05) is 0 Å². The maximum Gasteiger partial charge on any atom is 0.0995 e. The van der Waals surface area contributed by atoms with Gasteiger partial charge in [0.15, 0.2) is 0 Å². The van der Waals surface area contributed by atoms with E-state index in [-0.39, 0.29) is 0 Å². The molecule has 1 aromatic heterocycles. The highest BCUT2D eigenvalue weighted by molar-refractivity contribution is 5.44. The third-order valence-electron chi connectivity index (χ3n) is 2.70. The summed E-state index contributed by atoms with van der Waals surface area (Å²) in [5, 5.41) is 0. The normalized spacial score (nSPS) is 10.6. The van der Waals surface area contributed by atoms with Crippen molar-refractivity contribution in [3.63, 3.8) is 0 Å². The first-order chi connectivity index (χ1) is 7.22. The molecular weight excluding hydrogens is 186 g/mol. The number of aryl methyl sites for hydroxylation is 1. The molecular formula is C12H15N3. The highest BCUT2D eigenvalue weighted by Crippen LogP contribution is 2.17. The first-order valence-electron chi connectivity index (χ1n) is 5.02. The zero-order valence-electron chi connectivity index (χ0n) is 9.07. The summed E-state index contributed by atoms with van der Waals surface area (Å²) >= 11 is 0. The van der Waals surface area contributed by atoms with Crippen molar-refractivity contribution in [1.29, 1.82) is 0 Å². The van der Waals surface area contributed by atoms with Gasteiger partial charge in [-0.25, -0.2) is 4.98 Å². The lowest BCUT2D eigenvalue weighted by Gasteiger charge is -2.08. The highest BCUT2D eigenvalue weighted by Gasteiger charge is 2.03. The van der Waals surface area contributed by atoms with Crippen LogP contribution in [0.3, 0.4) is 0 Å². The molecule has 0 atom stereocenters. The Hall–Kier alpha value is -1.61. The fraction of sp³-hybridized carbons (Fsp3) is 0.250. The van der Waals surface area contributed by atoms with Crippen molar-refractivity contribution in [2.45, 2.75) is 20.4 Å². The number of hydrogen-bond donors (Lipinski definition) is 1. The Kier molecular flexibility index (Phi) is 2.56. The predicted octanol–water partition coefficient (Wildman–Crippen LogP) is 1.95. The summed E-state index contributed by atoms with van der Waals surface area (Å²) in [5.74, 6) is 0. The van der Waals surface area contributed by atoms with Crippen LogP contribution in [-0.4, -0.2) is 9.55 Å². The number of benzene rings is 1. The Balaban J connectivity index is 2.49. The van der Waals surface area contributed by atoms with E-state index in [1.807, 2.05) is 17.1 Å². The molecule has 0 amide bonds. The van der Waals surface area contributed by atoms with Gasteiger partial charge in [-0.2, -0.15) is 0 Å². The average Bonchev–Trinajstić information content (AvgIpc) is 2.70. The Bertz CT molecular complexity index is 471. The van der Waals surface area contributed by atoms with E-state index in [0.717, 1.165) is 5.69 Å². The van der Waals surface area contributed by atoms with Crippen molar-refractivity contribution in [3.8, 4) is 5.69 Å². The largest absolute Gasteiger partial charge is 0.325 e. The lowest BCUT2D eigenvalue weighted by Crippen LogP contribution is -1.97. The molecule has 0 saturated carbocycles. The molecule has 78 valence electrons. The van der Waals surface area contributed by atoms with Gasteiger partial charge in [0.05, 0.1) is 12.0 Å². The first-order valence-corrected chi connectivity index (χ1v) is 5.02. The molecule has 0 saturated heterocycles. The smallest absolute Gasteiger partial charge is 0.0995 e. The van der Waals surface area contributed by atoms with Crippen LogP contribution in [0.1, 0.15) is 16.8 Å². The Labute approximate surface area is 89.6 Å². The lowest BCUT2D eigenvalue weighted by atomic mass is 10.1. The van der Waals surface area contributed by atoms with Crippen molar-refractivity contribution in [3.05, 3.63) is 47.5 Å². The van der Waals surface area contributed by atoms with Crippen LogP contribution < -0.4 is 5.73 Å². The third kappa shape index (κ3) is 1.78. The second kappa shape index (κ2) is 3.87. The van der Waals surface area contributed by atoms with Gasteiger partial charge in [0.2, 0.25) is 0 Å². The Morgan fingerprint density at radius 2 is 2.13 bits per heavy atom. The summed E-state index contributed by atoms with van der Waals surface area (Å²) in [4.78, 5) is 4.22. The van der Waals surface area contributed by atoms with Crippen LogP contribution >= 0.6 is 0 Å². The average molecular weight is 201 g/mol. The quantitative estimate of drug-likeness (QED) is 0.807. The van der Waals surface area contributed by atoms with Gasteiger partial charge in [-0.15, -0.1) is 0 Å². The van der Waals surface area contributed by atoms with E-state index in [0.29, 0.717) is 6.54 Å². The summed E-state index contributed by atoms with van der Waals surface area (Å²) in [5.41, 5.74) is 10.2. The van der Waals surface area contributed by atoms with E-state index in [9.17, 15) is 0 Å². The van der Waals surface area contributed by atoms with E-state index in [1.165, 1.54) is 16.8 Å². The molecule has 0 aliphatic heterocycles. The molecule has 3 nitrogen and oxygen atoms in total. The fourth-order valence-electron chi connectivity index (χ4n) is 1.62. The molecule has 0 radical (unpaired) electrons. The van der Waals surface area contributed by atoms with Gasteiger partial charge in [-0.1, -0.05) is 12.1 Å². The molecule has 15 heavy (non-hydrogen) atoms. The molecule has 0 aliphatic rings. The number of nitrogens with zero attached hydrogens (tertiary/aromatic N) is 2. The highest BCUT2D eigenvalue weighted by atomic mass is 15.0. The van der Waals surface area contributed by atoms with Crippen molar-refractivity contribution in [2.24, 2.45) is 5.73 Å². The monoisotopic (exact) mass is 201 g/mol. The fourth-order valence-corrected chi connectivity index (χ4v) is 1.62. The molecule has 2 N–H and O–H groups in total. The molecule has 0 bridgehead atoms. The van der Waals surface area contributed by atoms with E-state index >= 15 is 0 Å². The maximum absolute atomic E-state index is 5.53. The zero-order chi connectivity index (χ0) is 10.8. The minimum atomic E-state index is 0.484. The minimum absolute atomic E-state index is 0.484. The topological polar surface area (TPSA) is 43.8 Å². The number of aromatic nitrogens is 2. The van der Waals surface area contributed by atoms with Gasteiger partial charge in [0.1, 0.15) is 0 Å². The van der Waals surface area contributed by atoms with Crippen LogP contribution in [-0.2, 0) is 6.54 Å². The molecule has 2 aromatic rings. The predicted molar refractivity (Wildman–Crippen MR) is 60.9 cm³/mol. The van der Waals surface area contributed by atoms with E-state index in [1.54, 1.807) is 0 Å². The number of rotatable bonds is 2. The Morgan fingerprint density at radius 1 is 1.33 bits per heavy atom. The maximum atomic E-state index is 5.53. The molecule has 1 heterocycles. The molecule has 0 aliphatic carbocycles. The third-order valence-corrected chi connectivity index (χ3v) is 2.70. The van der Waals surface area contributed by atoms with Crippen LogP contribution in [0.2, 0.25) is 0 Å². The second-order valence-corrected chi connectivity index (χ2v) is 3.70. The van der Waals surface area contributed by atoms with E-state index in [2.05, 4.69) is 37.0 Å². The van der Waals surface area contributed by atoms with Crippen molar-refractivity contribution in [1.82, 2.24) is 9.55 Å². The molecule has 0 unspecified atom stereocenters. The summed E-state index contributed by atoms with van der Waals surface area (Å²) in [6.07, 6.45) is 3.78. The van der Waals surface area contributed by atoms with Crippen LogP contribution in [0.15, 0.2) is 30.7 Å². The summed E-state index contributed by atoms with van der Waals surface area (Å²) in [7, 11) is 0. The van der Waals surface area contributed by atoms with E-state index in [4.69, 9.17) is 5.73 Å². The second-order valence-electron chi connectivity index (χ2n) is 3.70.